The number of nitrogens with one attached hydrogen (secondary N) is 1. The van der Waals surface area contributed by atoms with Crippen LogP contribution in [0.15, 0.2) is 70.9 Å². The summed E-state index contributed by atoms with van der Waals surface area (Å²) in [6.45, 7) is 1.65. The Morgan fingerprint density at radius 3 is 2.67 bits per heavy atom. The number of hydrogen-bond acceptors (Lipinski definition) is 9. The summed E-state index contributed by atoms with van der Waals surface area (Å²) in [5.41, 5.74) is 4.14. The van der Waals surface area contributed by atoms with E-state index in [1.165, 1.54) is 41.9 Å². The summed E-state index contributed by atoms with van der Waals surface area (Å²) >= 11 is 7.25. The molecule has 10 nitrogen and oxygen atoms in total. The Labute approximate surface area is 233 Å². The van der Waals surface area contributed by atoms with Crippen molar-refractivity contribution >= 4 is 35.5 Å². The van der Waals surface area contributed by atoms with Gasteiger partial charge in [0.1, 0.15) is 18.2 Å². The second-order valence-electron chi connectivity index (χ2n) is 7.96. The van der Waals surface area contributed by atoms with E-state index in [0.717, 1.165) is 5.69 Å². The Morgan fingerprint density at radius 1 is 1.15 bits per heavy atom. The number of carbonyl (C=O) groups is 1. The predicted molar refractivity (Wildman–Crippen MR) is 145 cm³/mol. The molecule has 3 aromatic carbocycles. The third-order valence-corrected chi connectivity index (χ3v) is 6.81. The number of ether oxygens (including phenoxy) is 3. The minimum Gasteiger partial charge on any atom is -0.497 e. The molecule has 0 spiro atoms. The lowest BCUT2D eigenvalue weighted by Crippen LogP contribution is -2.27. The van der Waals surface area contributed by atoms with E-state index in [4.69, 9.17) is 25.8 Å². The summed E-state index contributed by atoms with van der Waals surface area (Å²) in [7, 11) is 3.07. The van der Waals surface area contributed by atoms with E-state index in [0.29, 0.717) is 28.0 Å². The van der Waals surface area contributed by atoms with Gasteiger partial charge in [0.2, 0.25) is 5.16 Å². The zero-order valence-corrected chi connectivity index (χ0v) is 22.7. The third kappa shape index (κ3) is 7.03. The van der Waals surface area contributed by atoms with Gasteiger partial charge in [-0.05, 0) is 77.5 Å². The van der Waals surface area contributed by atoms with Gasteiger partial charge in [-0.15, -0.1) is 5.10 Å². The Balaban J connectivity index is 1.34. The van der Waals surface area contributed by atoms with E-state index in [-0.39, 0.29) is 23.1 Å². The van der Waals surface area contributed by atoms with E-state index < -0.39 is 11.1 Å². The van der Waals surface area contributed by atoms with Gasteiger partial charge in [0.05, 0.1) is 36.4 Å². The molecule has 0 saturated heterocycles. The van der Waals surface area contributed by atoms with E-state index in [1.54, 1.807) is 50.4 Å². The number of amides is 1. The van der Waals surface area contributed by atoms with Crippen molar-refractivity contribution in [2.45, 2.75) is 23.9 Å². The molecule has 0 fully saturated rings. The topological polar surface area (TPSA) is 113 Å². The Bertz CT molecular complexity index is 1450. The van der Waals surface area contributed by atoms with Gasteiger partial charge >= 0.3 is 0 Å². The van der Waals surface area contributed by atoms with Crippen LogP contribution in [0.2, 0.25) is 5.02 Å². The second kappa shape index (κ2) is 13.1. The van der Waals surface area contributed by atoms with Gasteiger partial charge in [0.15, 0.2) is 11.5 Å². The van der Waals surface area contributed by atoms with Crippen molar-refractivity contribution in [1.82, 2.24) is 25.6 Å². The lowest BCUT2D eigenvalue weighted by Gasteiger charge is -2.12. The van der Waals surface area contributed by atoms with Crippen LogP contribution in [0.25, 0.3) is 5.69 Å². The number of halogens is 2. The first-order chi connectivity index (χ1) is 18.9. The van der Waals surface area contributed by atoms with Gasteiger partial charge in [-0.2, -0.15) is 9.78 Å². The van der Waals surface area contributed by atoms with Crippen LogP contribution < -0.4 is 19.6 Å². The average molecular weight is 571 g/mol. The molecule has 0 radical (unpaired) electrons. The first-order valence-corrected chi connectivity index (χ1v) is 12.8. The molecule has 13 heteroatoms. The molecular weight excluding hydrogens is 547 g/mol. The van der Waals surface area contributed by atoms with Crippen LogP contribution in [-0.4, -0.2) is 51.8 Å². The molecule has 1 amide bonds. The maximum atomic E-state index is 14.0. The van der Waals surface area contributed by atoms with Crippen LogP contribution in [0, 0.1) is 5.82 Å². The number of carbonyl (C=O) groups excluding carboxylic acids is 1. The smallest absolute Gasteiger partial charge is 0.253 e. The molecule has 1 atom stereocenters. The monoisotopic (exact) mass is 570 g/mol. The first kappa shape index (κ1) is 27.9. The number of aromatic nitrogens is 4. The zero-order chi connectivity index (χ0) is 27.8. The SMILES string of the molecule is COc1ccc(-n2nnnc2SC(C)C(=O)N/N=C/c2ccc(OCc3c(F)cccc3Cl)c(OC)c2)cc1. The van der Waals surface area contributed by atoms with E-state index in [1.807, 2.05) is 12.1 Å². The molecule has 1 aromatic heterocycles. The highest BCUT2D eigenvalue weighted by atomic mass is 35.5. The van der Waals surface area contributed by atoms with Crippen LogP contribution >= 0.6 is 23.4 Å². The summed E-state index contributed by atoms with van der Waals surface area (Å²) in [5.74, 6) is 0.725. The highest BCUT2D eigenvalue weighted by Gasteiger charge is 2.19. The standard InChI is InChI=1S/C26H24ClFN6O4S/c1-16(39-26-31-32-33-34(26)18-8-10-19(36-2)11-9-18)25(35)30-29-14-17-7-12-23(24(13-17)37-3)38-15-20-21(27)5-4-6-22(20)28/h4-14,16H,15H2,1-3H3,(H,30,35)/b29-14+. The minimum absolute atomic E-state index is 0.0668. The third-order valence-electron chi connectivity index (χ3n) is 5.42. The number of hydrogen-bond donors (Lipinski definition) is 1. The lowest BCUT2D eigenvalue weighted by atomic mass is 10.2. The number of rotatable bonds is 11. The highest BCUT2D eigenvalue weighted by Crippen LogP contribution is 2.30. The van der Waals surface area contributed by atoms with Gasteiger partial charge < -0.3 is 14.2 Å². The molecule has 0 saturated carbocycles. The van der Waals surface area contributed by atoms with Crippen molar-refractivity contribution in [3.05, 3.63) is 82.6 Å². The number of thioether (sulfide) groups is 1. The molecule has 1 unspecified atom stereocenters. The molecular formula is C26H24ClFN6O4S. The number of methoxy groups -OCH3 is 2. The van der Waals surface area contributed by atoms with Crippen LogP contribution in [-0.2, 0) is 11.4 Å². The fourth-order valence-electron chi connectivity index (χ4n) is 3.31. The Morgan fingerprint density at radius 2 is 1.95 bits per heavy atom. The van der Waals surface area contributed by atoms with Crippen molar-refractivity contribution in [2.75, 3.05) is 14.2 Å². The highest BCUT2D eigenvalue weighted by molar-refractivity contribution is 8.00. The zero-order valence-electron chi connectivity index (χ0n) is 21.2. The van der Waals surface area contributed by atoms with Gasteiger partial charge in [-0.3, -0.25) is 4.79 Å². The van der Waals surface area contributed by atoms with Crippen LogP contribution in [0.1, 0.15) is 18.1 Å². The van der Waals surface area contributed by atoms with Crippen LogP contribution in [0.3, 0.4) is 0 Å². The second-order valence-corrected chi connectivity index (χ2v) is 9.68. The van der Waals surface area contributed by atoms with E-state index >= 15 is 0 Å². The Kier molecular flexibility index (Phi) is 9.34. The predicted octanol–water partition coefficient (Wildman–Crippen LogP) is 4.68. The number of hydrazone groups is 1. The fourth-order valence-corrected chi connectivity index (χ4v) is 4.33. The lowest BCUT2D eigenvalue weighted by molar-refractivity contribution is -0.120. The maximum absolute atomic E-state index is 14.0. The van der Waals surface area contributed by atoms with Crippen molar-refractivity contribution in [3.63, 3.8) is 0 Å². The summed E-state index contributed by atoms with van der Waals surface area (Å²) in [4.78, 5) is 12.6. The van der Waals surface area contributed by atoms with E-state index in [2.05, 4.69) is 26.1 Å². The summed E-state index contributed by atoms with van der Waals surface area (Å²) in [5, 5.41) is 16.0. The Hall–Kier alpha value is -4.16. The molecule has 0 aliphatic heterocycles. The van der Waals surface area contributed by atoms with Crippen LogP contribution in [0.4, 0.5) is 4.39 Å². The number of tetrazole rings is 1. The molecule has 4 aromatic rings. The van der Waals surface area contributed by atoms with Gasteiger partial charge in [-0.1, -0.05) is 29.4 Å². The molecule has 1 N–H and O–H groups in total. The van der Waals surface area contributed by atoms with Crippen molar-refractivity contribution in [1.29, 1.82) is 0 Å². The average Bonchev–Trinajstić information content (AvgIpc) is 3.41. The number of benzene rings is 3. The quantitative estimate of drug-likeness (QED) is 0.157. The molecule has 4 rings (SSSR count). The van der Waals surface area contributed by atoms with Gasteiger partial charge in [0, 0.05) is 5.56 Å². The van der Waals surface area contributed by atoms with Crippen molar-refractivity contribution in [3.8, 4) is 22.9 Å². The normalized spacial score (nSPS) is 11.8. The summed E-state index contributed by atoms with van der Waals surface area (Å²) in [6, 6.07) is 16.7. The van der Waals surface area contributed by atoms with E-state index in [9.17, 15) is 9.18 Å². The first-order valence-electron chi connectivity index (χ1n) is 11.6. The maximum Gasteiger partial charge on any atom is 0.253 e. The summed E-state index contributed by atoms with van der Waals surface area (Å²) in [6.07, 6.45) is 1.47. The fraction of sp³-hybridized carbons (Fsp3) is 0.192. The van der Waals surface area contributed by atoms with Crippen LogP contribution in [0.5, 0.6) is 17.2 Å². The minimum atomic E-state index is -0.541. The largest absolute Gasteiger partial charge is 0.497 e. The molecule has 1 heterocycles. The molecule has 0 bridgehead atoms. The molecule has 0 aliphatic carbocycles. The summed E-state index contributed by atoms with van der Waals surface area (Å²) < 4.78 is 31.8. The van der Waals surface area contributed by atoms with Crippen molar-refractivity contribution in [2.24, 2.45) is 5.10 Å². The van der Waals surface area contributed by atoms with Crippen molar-refractivity contribution < 1.29 is 23.4 Å². The molecule has 202 valence electrons. The van der Waals surface area contributed by atoms with Gasteiger partial charge in [0.25, 0.3) is 5.91 Å². The van der Waals surface area contributed by atoms with Gasteiger partial charge in [-0.25, -0.2) is 9.82 Å². The number of nitrogens with zero attached hydrogens (tertiary/aromatic N) is 5. The molecule has 0 aliphatic rings. The molecule has 39 heavy (non-hydrogen) atoms.